The molecule has 0 fully saturated rings. The Bertz CT molecular complexity index is 1120. The van der Waals surface area contributed by atoms with Crippen molar-refractivity contribution in [2.75, 3.05) is 32.4 Å². The van der Waals surface area contributed by atoms with E-state index in [1.807, 2.05) is 18.2 Å². The standard InChI is InChI=1S/C23H25BrN4O4S/c1-5-6-9-33-23-26-22-20(27-28-23)15-10-13(24)7-8-16(15)25-21(32-22)19-17(30-3)11-14(29-2)12-18(19)31-4/h7-8,10-12,21,25H,5-6,9H2,1-4H3/t21-/m0/s1. The number of methoxy groups -OCH3 is 3. The van der Waals surface area contributed by atoms with Crippen molar-refractivity contribution in [3.63, 3.8) is 0 Å². The number of nitrogens with zero attached hydrogens (tertiary/aromatic N) is 3. The quantitative estimate of drug-likeness (QED) is 0.288. The number of nitrogens with one attached hydrogen (secondary N) is 1. The van der Waals surface area contributed by atoms with Gasteiger partial charge in [-0.2, -0.15) is 4.98 Å². The highest BCUT2D eigenvalue weighted by Gasteiger charge is 2.31. The Hall–Kier alpha value is -2.72. The molecule has 174 valence electrons. The van der Waals surface area contributed by atoms with Crippen LogP contribution in [0.5, 0.6) is 23.1 Å². The zero-order valence-corrected chi connectivity index (χ0v) is 21.2. The zero-order valence-electron chi connectivity index (χ0n) is 18.8. The van der Waals surface area contributed by atoms with Crippen LogP contribution < -0.4 is 24.3 Å². The van der Waals surface area contributed by atoms with Gasteiger partial charge in [0.1, 0.15) is 17.2 Å². The Labute approximate surface area is 205 Å². The smallest absolute Gasteiger partial charge is 0.247 e. The Kier molecular flexibility index (Phi) is 7.44. The van der Waals surface area contributed by atoms with Gasteiger partial charge in [-0.05, 0) is 24.6 Å². The number of hydrogen-bond acceptors (Lipinski definition) is 9. The molecule has 1 aliphatic rings. The summed E-state index contributed by atoms with van der Waals surface area (Å²) in [4.78, 5) is 4.70. The number of anilines is 1. The predicted molar refractivity (Wildman–Crippen MR) is 132 cm³/mol. The number of halogens is 1. The first kappa shape index (κ1) is 23.4. The molecule has 0 unspecified atom stereocenters. The Balaban J connectivity index is 1.84. The van der Waals surface area contributed by atoms with Gasteiger partial charge >= 0.3 is 0 Å². The Morgan fingerprint density at radius 1 is 1.06 bits per heavy atom. The van der Waals surface area contributed by atoms with Crippen LogP contribution in [0, 0.1) is 0 Å². The van der Waals surface area contributed by atoms with Crippen molar-refractivity contribution in [3.8, 4) is 34.4 Å². The lowest BCUT2D eigenvalue weighted by molar-refractivity contribution is 0.213. The third kappa shape index (κ3) is 4.96. The van der Waals surface area contributed by atoms with Gasteiger partial charge in [0.2, 0.25) is 17.3 Å². The van der Waals surface area contributed by atoms with E-state index in [1.165, 1.54) is 0 Å². The van der Waals surface area contributed by atoms with Gasteiger partial charge in [-0.15, -0.1) is 10.2 Å². The molecule has 8 nitrogen and oxygen atoms in total. The molecule has 1 atom stereocenters. The number of fused-ring (bicyclic) bond motifs is 3. The summed E-state index contributed by atoms with van der Waals surface area (Å²) in [6, 6.07) is 9.46. The van der Waals surface area contributed by atoms with Gasteiger partial charge < -0.3 is 24.3 Å². The fourth-order valence-electron chi connectivity index (χ4n) is 3.46. The van der Waals surface area contributed by atoms with Gasteiger partial charge in [-0.1, -0.05) is 41.0 Å². The summed E-state index contributed by atoms with van der Waals surface area (Å²) in [7, 11) is 4.79. The Morgan fingerprint density at radius 2 is 1.82 bits per heavy atom. The lowest BCUT2D eigenvalue weighted by Crippen LogP contribution is -2.19. The van der Waals surface area contributed by atoms with Crippen molar-refractivity contribution in [3.05, 3.63) is 40.4 Å². The molecule has 3 aromatic rings. The normalized spacial score (nSPS) is 14.3. The summed E-state index contributed by atoms with van der Waals surface area (Å²) in [5.41, 5.74) is 2.90. The summed E-state index contributed by atoms with van der Waals surface area (Å²) in [5.74, 6) is 3.04. The van der Waals surface area contributed by atoms with Crippen LogP contribution in [0.2, 0.25) is 0 Å². The van der Waals surface area contributed by atoms with E-state index in [-0.39, 0.29) is 0 Å². The van der Waals surface area contributed by atoms with Crippen LogP contribution in [-0.4, -0.2) is 42.3 Å². The van der Waals surface area contributed by atoms with Crippen LogP contribution >= 0.6 is 27.7 Å². The van der Waals surface area contributed by atoms with Gasteiger partial charge in [0, 0.05) is 33.6 Å². The summed E-state index contributed by atoms with van der Waals surface area (Å²) < 4.78 is 24.1. The number of benzene rings is 2. The molecular weight excluding hydrogens is 508 g/mol. The first-order valence-corrected chi connectivity index (χ1v) is 12.3. The molecule has 0 radical (unpaired) electrons. The van der Waals surface area contributed by atoms with Crippen molar-refractivity contribution in [2.45, 2.75) is 31.1 Å². The first-order chi connectivity index (χ1) is 16.1. The van der Waals surface area contributed by atoms with Crippen LogP contribution in [0.3, 0.4) is 0 Å². The number of hydrogen-bond donors (Lipinski definition) is 1. The molecule has 0 bridgehead atoms. The maximum atomic E-state index is 6.42. The maximum Gasteiger partial charge on any atom is 0.247 e. The minimum atomic E-state index is -0.660. The number of rotatable bonds is 8. The van der Waals surface area contributed by atoms with E-state index in [2.05, 4.69) is 38.4 Å². The average molecular weight is 533 g/mol. The topological polar surface area (TPSA) is 87.6 Å². The van der Waals surface area contributed by atoms with E-state index in [1.54, 1.807) is 45.2 Å². The van der Waals surface area contributed by atoms with E-state index >= 15 is 0 Å². The third-order valence-electron chi connectivity index (χ3n) is 5.13. The van der Waals surface area contributed by atoms with E-state index in [0.29, 0.717) is 39.5 Å². The minimum absolute atomic E-state index is 0.387. The highest BCUT2D eigenvalue weighted by Crippen LogP contribution is 2.45. The van der Waals surface area contributed by atoms with Gasteiger partial charge in [0.05, 0.1) is 26.9 Å². The molecule has 4 rings (SSSR count). The highest BCUT2D eigenvalue weighted by molar-refractivity contribution is 9.10. The zero-order chi connectivity index (χ0) is 23.4. The molecule has 0 spiro atoms. The predicted octanol–water partition coefficient (Wildman–Crippen LogP) is 5.72. The van der Waals surface area contributed by atoms with E-state index in [4.69, 9.17) is 23.9 Å². The second-order valence-electron chi connectivity index (χ2n) is 7.23. The van der Waals surface area contributed by atoms with E-state index in [9.17, 15) is 0 Å². The number of ether oxygens (including phenoxy) is 4. The number of unbranched alkanes of at least 4 members (excludes halogenated alkanes) is 1. The van der Waals surface area contributed by atoms with Gasteiger partial charge in [0.25, 0.3) is 0 Å². The lowest BCUT2D eigenvalue weighted by Gasteiger charge is -2.24. The first-order valence-electron chi connectivity index (χ1n) is 10.5. The largest absolute Gasteiger partial charge is 0.496 e. The minimum Gasteiger partial charge on any atom is -0.496 e. The molecule has 0 aliphatic carbocycles. The number of aromatic nitrogens is 3. The van der Waals surface area contributed by atoms with Crippen LogP contribution in [-0.2, 0) is 0 Å². The molecule has 1 N–H and O–H groups in total. The van der Waals surface area contributed by atoms with Gasteiger partial charge in [-0.25, -0.2) is 0 Å². The second-order valence-corrected chi connectivity index (χ2v) is 9.21. The Morgan fingerprint density at radius 3 is 2.48 bits per heavy atom. The van der Waals surface area contributed by atoms with Crippen molar-refractivity contribution in [2.24, 2.45) is 0 Å². The molecule has 0 saturated carbocycles. The van der Waals surface area contributed by atoms with Crippen molar-refractivity contribution in [1.82, 2.24) is 15.2 Å². The van der Waals surface area contributed by atoms with Crippen LogP contribution in [0.25, 0.3) is 11.3 Å². The van der Waals surface area contributed by atoms with Crippen LogP contribution in [0.1, 0.15) is 31.6 Å². The molecular formula is C23H25BrN4O4S. The fraction of sp³-hybridized carbons (Fsp3) is 0.348. The SMILES string of the molecule is CCCCSc1nnc2c(n1)O[C@@H](c1c(OC)cc(OC)cc1OC)Nc1ccc(Br)cc1-2. The van der Waals surface area contributed by atoms with Crippen molar-refractivity contribution in [1.29, 1.82) is 0 Å². The van der Waals surface area contributed by atoms with E-state index < -0.39 is 6.23 Å². The van der Waals surface area contributed by atoms with Crippen molar-refractivity contribution >= 4 is 33.4 Å². The molecule has 1 aliphatic heterocycles. The third-order valence-corrected chi connectivity index (χ3v) is 6.55. The molecule has 2 aromatic carbocycles. The second kappa shape index (κ2) is 10.5. The van der Waals surface area contributed by atoms with Crippen molar-refractivity contribution < 1.29 is 18.9 Å². The summed E-state index contributed by atoms with van der Waals surface area (Å²) >= 11 is 5.12. The maximum absolute atomic E-state index is 6.42. The molecule has 33 heavy (non-hydrogen) atoms. The van der Waals surface area contributed by atoms with Gasteiger partial charge in [-0.3, -0.25) is 0 Å². The van der Waals surface area contributed by atoms with Crippen LogP contribution in [0.15, 0.2) is 40.0 Å². The summed E-state index contributed by atoms with van der Waals surface area (Å²) in [5, 5.41) is 12.8. The molecule has 1 aromatic heterocycles. The lowest BCUT2D eigenvalue weighted by atomic mass is 10.1. The molecule has 0 saturated heterocycles. The monoisotopic (exact) mass is 532 g/mol. The summed E-state index contributed by atoms with van der Waals surface area (Å²) in [6.07, 6.45) is 1.52. The number of thioether (sulfide) groups is 1. The molecule has 0 amide bonds. The van der Waals surface area contributed by atoms with E-state index in [0.717, 1.165) is 34.3 Å². The average Bonchev–Trinajstić information content (AvgIpc) is 2.99. The molecule has 10 heteroatoms. The molecule has 2 heterocycles. The van der Waals surface area contributed by atoms with Crippen LogP contribution in [0.4, 0.5) is 5.69 Å². The van der Waals surface area contributed by atoms with Gasteiger partial charge in [0.15, 0.2) is 5.69 Å². The summed E-state index contributed by atoms with van der Waals surface area (Å²) in [6.45, 7) is 2.15. The fourth-order valence-corrected chi connectivity index (χ4v) is 4.68. The highest BCUT2D eigenvalue weighted by atomic mass is 79.9.